The molecule has 2 heterocycles. The van der Waals surface area contributed by atoms with Crippen LogP contribution in [0.2, 0.25) is 0 Å². The lowest BCUT2D eigenvalue weighted by molar-refractivity contribution is -0.129. The van der Waals surface area contributed by atoms with Crippen molar-refractivity contribution >= 4 is 23.0 Å². The molecule has 0 aromatic heterocycles. The van der Waals surface area contributed by atoms with E-state index in [1.54, 1.807) is 4.90 Å². The summed E-state index contributed by atoms with van der Waals surface area (Å²) in [6.45, 7) is 0.857. The number of fused-ring (bicyclic) bond motifs is 1. The van der Waals surface area contributed by atoms with Gasteiger partial charge < -0.3 is 10.2 Å². The molecular formula is C28H24N2O2. The number of benzene rings is 3. The number of allylic oxidation sites excluding steroid dienone is 2. The number of nitrogens with zero attached hydrogens (tertiary/aromatic N) is 1. The normalized spacial score (nSPS) is 23.5. The minimum Gasteiger partial charge on any atom is -0.384 e. The van der Waals surface area contributed by atoms with Crippen LogP contribution < -0.4 is 5.32 Å². The Bertz CT molecular complexity index is 1280. The number of Topliss-reactive ketones (excluding diaryl/α,β-unsaturated/α-hetero) is 1. The number of nitrogens with one attached hydrogen (secondary N) is 1. The largest absolute Gasteiger partial charge is 0.384 e. The predicted octanol–water partition coefficient (Wildman–Crippen LogP) is 4.99. The summed E-state index contributed by atoms with van der Waals surface area (Å²) in [4.78, 5) is 29.6. The van der Waals surface area contributed by atoms with Crippen molar-refractivity contribution in [2.75, 3.05) is 18.9 Å². The van der Waals surface area contributed by atoms with Crippen molar-refractivity contribution in [3.8, 4) is 0 Å². The lowest BCUT2D eigenvalue weighted by Gasteiger charge is -2.46. The van der Waals surface area contributed by atoms with Crippen LogP contribution in [0.5, 0.6) is 0 Å². The molecular weight excluding hydrogens is 396 g/mol. The van der Waals surface area contributed by atoms with Gasteiger partial charge in [-0.3, -0.25) is 9.59 Å². The van der Waals surface area contributed by atoms with E-state index in [-0.39, 0.29) is 18.1 Å². The zero-order valence-corrected chi connectivity index (χ0v) is 18.0. The molecule has 3 aliphatic rings. The standard InChI is InChI=1S/C28H24N2O2/c1-30-23-15-19-17-29-22-14-8-13-21(25(19)22)26(23)28(16-24(30)31,20-11-6-3-7-12-20)27(32)18-9-4-2-5-10-18/h2-14,19,29H,15-17H2,1H3/t19-,28?/m1/s1. The lowest BCUT2D eigenvalue weighted by atomic mass is 9.60. The molecule has 3 aromatic carbocycles. The lowest BCUT2D eigenvalue weighted by Crippen LogP contribution is -2.49. The Morgan fingerprint density at radius 1 is 0.969 bits per heavy atom. The average Bonchev–Trinajstić information content (AvgIpc) is 3.26. The van der Waals surface area contributed by atoms with Crippen LogP contribution in [0, 0.1) is 0 Å². The van der Waals surface area contributed by atoms with Crippen LogP contribution in [0.3, 0.4) is 0 Å². The highest BCUT2D eigenvalue weighted by atomic mass is 16.2. The SMILES string of the molecule is CN1C(=O)CC(C(=O)c2ccccc2)(c2ccccc2)C2=C1C[C@@H]1CNc3cccc2c31. The van der Waals surface area contributed by atoms with E-state index in [0.717, 1.165) is 41.1 Å². The molecule has 6 rings (SSSR count). The number of carbonyl (C=O) groups is 2. The molecule has 0 saturated heterocycles. The molecule has 2 aliphatic heterocycles. The molecule has 4 nitrogen and oxygen atoms in total. The van der Waals surface area contributed by atoms with E-state index in [9.17, 15) is 9.59 Å². The fourth-order valence-corrected chi connectivity index (χ4v) is 5.87. The Labute approximate surface area is 187 Å². The van der Waals surface area contributed by atoms with Crippen molar-refractivity contribution in [3.63, 3.8) is 0 Å². The molecule has 0 spiro atoms. The first-order chi connectivity index (χ1) is 15.6. The van der Waals surface area contributed by atoms with E-state index in [1.807, 2.05) is 67.7 Å². The number of amides is 1. The van der Waals surface area contributed by atoms with Gasteiger partial charge in [-0.15, -0.1) is 0 Å². The number of hydrogen-bond acceptors (Lipinski definition) is 3. The van der Waals surface area contributed by atoms with E-state index in [4.69, 9.17) is 0 Å². The van der Waals surface area contributed by atoms with Crippen molar-refractivity contribution in [2.24, 2.45) is 0 Å². The highest BCUT2D eigenvalue weighted by Gasteiger charge is 2.54. The quantitative estimate of drug-likeness (QED) is 0.607. The summed E-state index contributed by atoms with van der Waals surface area (Å²) in [5, 5.41) is 3.53. The second kappa shape index (κ2) is 6.92. The maximum absolute atomic E-state index is 14.4. The second-order valence-electron chi connectivity index (χ2n) is 8.97. The first-order valence-corrected chi connectivity index (χ1v) is 11.1. The molecule has 0 bridgehead atoms. The third-order valence-corrected chi connectivity index (χ3v) is 7.36. The fourth-order valence-electron chi connectivity index (χ4n) is 5.87. The van der Waals surface area contributed by atoms with Gasteiger partial charge in [0.1, 0.15) is 0 Å². The molecule has 4 heteroatoms. The monoisotopic (exact) mass is 420 g/mol. The number of ketones is 1. The van der Waals surface area contributed by atoms with Gasteiger partial charge in [0.25, 0.3) is 0 Å². The van der Waals surface area contributed by atoms with Crippen molar-refractivity contribution in [2.45, 2.75) is 24.2 Å². The molecule has 1 amide bonds. The molecule has 1 N–H and O–H groups in total. The molecule has 0 saturated carbocycles. The zero-order valence-electron chi connectivity index (χ0n) is 18.0. The Kier molecular flexibility index (Phi) is 4.12. The Balaban J connectivity index is 1.71. The highest BCUT2D eigenvalue weighted by Crippen LogP contribution is 2.56. The summed E-state index contributed by atoms with van der Waals surface area (Å²) in [5.41, 5.74) is 5.97. The van der Waals surface area contributed by atoms with E-state index in [1.165, 1.54) is 5.56 Å². The maximum Gasteiger partial charge on any atom is 0.228 e. The number of carbonyl (C=O) groups excluding carboxylic acids is 2. The average molecular weight is 421 g/mol. The van der Waals surface area contributed by atoms with Gasteiger partial charge >= 0.3 is 0 Å². The van der Waals surface area contributed by atoms with Crippen LogP contribution in [0.25, 0.3) is 5.57 Å². The Morgan fingerprint density at radius 3 is 2.44 bits per heavy atom. The van der Waals surface area contributed by atoms with Gasteiger partial charge in [0.2, 0.25) is 5.91 Å². The van der Waals surface area contributed by atoms with Crippen molar-refractivity contribution < 1.29 is 9.59 Å². The third kappa shape index (κ3) is 2.49. The van der Waals surface area contributed by atoms with Crippen LogP contribution >= 0.6 is 0 Å². The summed E-state index contributed by atoms with van der Waals surface area (Å²) in [5.74, 6) is 0.288. The minimum absolute atomic E-state index is 0.0116. The van der Waals surface area contributed by atoms with E-state index < -0.39 is 5.41 Å². The topological polar surface area (TPSA) is 49.4 Å². The van der Waals surface area contributed by atoms with Crippen molar-refractivity contribution in [1.82, 2.24) is 4.90 Å². The molecule has 2 atom stereocenters. The van der Waals surface area contributed by atoms with Crippen molar-refractivity contribution in [1.29, 1.82) is 0 Å². The summed E-state index contributed by atoms with van der Waals surface area (Å²) in [7, 11) is 1.86. The number of rotatable bonds is 3. The highest BCUT2D eigenvalue weighted by molar-refractivity contribution is 6.17. The number of hydrogen-bond donors (Lipinski definition) is 1. The van der Waals surface area contributed by atoms with Crippen LogP contribution in [-0.2, 0) is 10.2 Å². The molecule has 32 heavy (non-hydrogen) atoms. The molecule has 1 unspecified atom stereocenters. The van der Waals surface area contributed by atoms with Gasteiger partial charge in [-0.25, -0.2) is 0 Å². The van der Waals surface area contributed by atoms with Crippen LogP contribution in [-0.4, -0.2) is 30.2 Å². The second-order valence-corrected chi connectivity index (χ2v) is 8.97. The fraction of sp³-hybridized carbons (Fsp3) is 0.214. The van der Waals surface area contributed by atoms with Gasteiger partial charge in [-0.1, -0.05) is 72.8 Å². The summed E-state index contributed by atoms with van der Waals surface area (Å²) >= 11 is 0. The molecule has 1 aliphatic carbocycles. The predicted molar refractivity (Wildman–Crippen MR) is 125 cm³/mol. The van der Waals surface area contributed by atoms with E-state index in [0.29, 0.717) is 11.5 Å². The van der Waals surface area contributed by atoms with Gasteiger partial charge in [-0.05, 0) is 34.8 Å². The summed E-state index contributed by atoms with van der Waals surface area (Å²) < 4.78 is 0. The maximum atomic E-state index is 14.4. The summed E-state index contributed by atoms with van der Waals surface area (Å²) in [6.07, 6.45) is 0.882. The van der Waals surface area contributed by atoms with Crippen LogP contribution in [0.4, 0.5) is 5.69 Å². The molecule has 3 aromatic rings. The van der Waals surface area contributed by atoms with Gasteiger partial charge in [-0.2, -0.15) is 0 Å². The van der Waals surface area contributed by atoms with Gasteiger partial charge in [0, 0.05) is 42.9 Å². The van der Waals surface area contributed by atoms with Crippen LogP contribution in [0.1, 0.15) is 45.8 Å². The van der Waals surface area contributed by atoms with E-state index >= 15 is 0 Å². The molecule has 158 valence electrons. The zero-order chi connectivity index (χ0) is 21.9. The molecule has 0 fully saturated rings. The Morgan fingerprint density at radius 2 is 1.69 bits per heavy atom. The van der Waals surface area contributed by atoms with Crippen molar-refractivity contribution in [3.05, 3.63) is 107 Å². The smallest absolute Gasteiger partial charge is 0.228 e. The van der Waals surface area contributed by atoms with E-state index in [2.05, 4.69) is 23.5 Å². The number of anilines is 1. The Hall–Kier alpha value is -3.66. The molecule has 0 radical (unpaired) electrons. The van der Waals surface area contributed by atoms with Gasteiger partial charge in [0.15, 0.2) is 5.78 Å². The van der Waals surface area contributed by atoms with Crippen LogP contribution in [0.15, 0.2) is 84.6 Å². The third-order valence-electron chi connectivity index (χ3n) is 7.36. The minimum atomic E-state index is -1.05. The van der Waals surface area contributed by atoms with Gasteiger partial charge in [0.05, 0.1) is 5.41 Å². The summed E-state index contributed by atoms with van der Waals surface area (Å²) in [6, 6.07) is 25.6. The first-order valence-electron chi connectivity index (χ1n) is 11.1. The first kappa shape index (κ1) is 19.1.